The van der Waals surface area contributed by atoms with Gasteiger partial charge in [0.2, 0.25) is 0 Å². The van der Waals surface area contributed by atoms with Gasteiger partial charge in [0, 0.05) is 17.9 Å². The van der Waals surface area contributed by atoms with Crippen molar-refractivity contribution in [3.63, 3.8) is 0 Å². The van der Waals surface area contributed by atoms with Crippen molar-refractivity contribution in [2.75, 3.05) is 0 Å². The van der Waals surface area contributed by atoms with Crippen LogP contribution in [0.15, 0.2) is 24.3 Å². The zero-order chi connectivity index (χ0) is 12.3. The van der Waals surface area contributed by atoms with Gasteiger partial charge in [0.25, 0.3) is 0 Å². The van der Waals surface area contributed by atoms with Crippen molar-refractivity contribution < 1.29 is 4.79 Å². The van der Waals surface area contributed by atoms with Gasteiger partial charge in [0.15, 0.2) is 5.78 Å². The third-order valence-corrected chi connectivity index (χ3v) is 3.45. The van der Waals surface area contributed by atoms with E-state index in [9.17, 15) is 4.79 Å². The fourth-order valence-electron chi connectivity index (χ4n) is 2.10. The third kappa shape index (κ3) is 2.74. The maximum absolute atomic E-state index is 12.1. The van der Waals surface area contributed by atoms with E-state index in [1.54, 1.807) is 0 Å². The van der Waals surface area contributed by atoms with Gasteiger partial charge in [-0.25, -0.2) is 0 Å². The molecule has 0 spiro atoms. The number of hydrogen-bond acceptors (Lipinski definition) is 2. The van der Waals surface area contributed by atoms with Gasteiger partial charge in [-0.05, 0) is 30.7 Å². The van der Waals surface area contributed by atoms with Gasteiger partial charge in [0.1, 0.15) is 0 Å². The summed E-state index contributed by atoms with van der Waals surface area (Å²) in [6.07, 6.45) is 3.61. The van der Waals surface area contributed by atoms with Crippen LogP contribution in [-0.2, 0) is 0 Å². The van der Waals surface area contributed by atoms with Crippen LogP contribution in [0.25, 0.3) is 0 Å². The van der Waals surface area contributed by atoms with Gasteiger partial charge in [0.05, 0.1) is 6.07 Å². The minimum absolute atomic E-state index is 0.108. The monoisotopic (exact) mass is 227 g/mol. The number of nitrogens with zero attached hydrogens (tertiary/aromatic N) is 1. The molecule has 1 aromatic rings. The highest BCUT2D eigenvalue weighted by atomic mass is 16.1. The second kappa shape index (κ2) is 5.14. The van der Waals surface area contributed by atoms with Crippen molar-refractivity contribution in [1.82, 2.24) is 0 Å². The van der Waals surface area contributed by atoms with E-state index >= 15 is 0 Å². The Morgan fingerprint density at radius 3 is 2.53 bits per heavy atom. The van der Waals surface area contributed by atoms with E-state index in [2.05, 4.69) is 18.2 Å². The summed E-state index contributed by atoms with van der Waals surface area (Å²) in [4.78, 5) is 12.1. The lowest BCUT2D eigenvalue weighted by Gasteiger charge is -2.10. The van der Waals surface area contributed by atoms with Gasteiger partial charge in [-0.3, -0.25) is 4.79 Å². The van der Waals surface area contributed by atoms with Crippen molar-refractivity contribution in [3.8, 4) is 6.07 Å². The molecule has 1 unspecified atom stereocenters. The summed E-state index contributed by atoms with van der Waals surface area (Å²) in [5.41, 5.74) is 2.09. The maximum atomic E-state index is 12.1. The molecule has 2 heteroatoms. The smallest absolute Gasteiger partial charge is 0.166 e. The Bertz CT molecular complexity index is 437. The Balaban J connectivity index is 2.10. The summed E-state index contributed by atoms with van der Waals surface area (Å²) < 4.78 is 0. The van der Waals surface area contributed by atoms with Crippen LogP contribution in [0.5, 0.6) is 0 Å². The first-order valence-corrected chi connectivity index (χ1v) is 6.27. The number of Topliss-reactive ketones (excluding diaryl/α,β-unsaturated/α-hetero) is 1. The van der Waals surface area contributed by atoms with E-state index in [0.29, 0.717) is 6.42 Å². The molecule has 1 aliphatic carbocycles. The second-order valence-corrected chi connectivity index (χ2v) is 4.73. The largest absolute Gasteiger partial charge is 0.294 e. The zero-order valence-corrected chi connectivity index (χ0v) is 10.1. The molecule has 0 bridgehead atoms. The molecular weight excluding hydrogens is 210 g/mol. The van der Waals surface area contributed by atoms with E-state index < -0.39 is 0 Å². The molecule has 0 amide bonds. The molecule has 0 N–H and O–H groups in total. The quantitative estimate of drug-likeness (QED) is 0.720. The van der Waals surface area contributed by atoms with Gasteiger partial charge < -0.3 is 0 Å². The van der Waals surface area contributed by atoms with Gasteiger partial charge in [-0.1, -0.05) is 31.2 Å². The van der Waals surface area contributed by atoms with Crippen molar-refractivity contribution in [2.24, 2.45) is 5.92 Å². The number of benzene rings is 1. The van der Waals surface area contributed by atoms with Crippen molar-refractivity contribution in [3.05, 3.63) is 35.4 Å². The summed E-state index contributed by atoms with van der Waals surface area (Å²) in [6.45, 7) is 1.96. The predicted octanol–water partition coefficient (Wildman–Crippen LogP) is 3.69. The molecule has 1 saturated carbocycles. The van der Waals surface area contributed by atoms with Crippen LogP contribution in [0, 0.1) is 17.2 Å². The number of carbonyl (C=O) groups is 1. The SMILES string of the molecule is CCC(CC#N)C(=O)c1ccc(C2CC2)cc1. The highest BCUT2D eigenvalue weighted by Crippen LogP contribution is 2.40. The molecule has 2 nitrogen and oxygen atoms in total. The van der Waals surface area contributed by atoms with Crippen LogP contribution in [0.1, 0.15) is 54.4 Å². The fourth-order valence-corrected chi connectivity index (χ4v) is 2.10. The molecule has 17 heavy (non-hydrogen) atoms. The molecule has 1 aliphatic rings. The normalized spacial score (nSPS) is 16.2. The highest BCUT2D eigenvalue weighted by Gasteiger charge is 2.24. The first kappa shape index (κ1) is 11.9. The lowest BCUT2D eigenvalue weighted by atomic mass is 9.92. The Morgan fingerprint density at radius 1 is 1.41 bits per heavy atom. The minimum atomic E-state index is -0.147. The van der Waals surface area contributed by atoms with E-state index in [1.807, 2.05) is 19.1 Å². The molecule has 1 atom stereocenters. The van der Waals surface area contributed by atoms with Crippen LogP contribution >= 0.6 is 0 Å². The summed E-state index contributed by atoms with van der Waals surface area (Å²) in [6, 6.07) is 10.0. The molecule has 1 aromatic carbocycles. The average molecular weight is 227 g/mol. The van der Waals surface area contributed by atoms with E-state index in [-0.39, 0.29) is 11.7 Å². The Morgan fingerprint density at radius 2 is 2.06 bits per heavy atom. The summed E-state index contributed by atoms with van der Waals surface area (Å²) in [7, 11) is 0. The zero-order valence-electron chi connectivity index (χ0n) is 10.1. The minimum Gasteiger partial charge on any atom is -0.294 e. The Kier molecular flexibility index (Phi) is 3.58. The number of hydrogen-bond donors (Lipinski definition) is 0. The van der Waals surface area contributed by atoms with Crippen LogP contribution in [0.2, 0.25) is 0 Å². The number of rotatable bonds is 5. The van der Waals surface area contributed by atoms with Gasteiger partial charge in [-0.2, -0.15) is 5.26 Å². The van der Waals surface area contributed by atoms with Gasteiger partial charge in [-0.15, -0.1) is 0 Å². The summed E-state index contributed by atoms with van der Waals surface area (Å²) >= 11 is 0. The van der Waals surface area contributed by atoms with E-state index in [1.165, 1.54) is 18.4 Å². The summed E-state index contributed by atoms with van der Waals surface area (Å²) in [5.74, 6) is 0.684. The maximum Gasteiger partial charge on any atom is 0.166 e. The van der Waals surface area contributed by atoms with E-state index in [0.717, 1.165) is 17.9 Å². The van der Waals surface area contributed by atoms with Crippen molar-refractivity contribution in [1.29, 1.82) is 5.26 Å². The second-order valence-electron chi connectivity index (χ2n) is 4.73. The first-order chi connectivity index (χ1) is 8.26. The lowest BCUT2D eigenvalue weighted by molar-refractivity contribution is 0.0918. The van der Waals surface area contributed by atoms with Gasteiger partial charge >= 0.3 is 0 Å². The highest BCUT2D eigenvalue weighted by molar-refractivity contribution is 5.98. The van der Waals surface area contributed by atoms with Crippen LogP contribution in [0.4, 0.5) is 0 Å². The number of ketones is 1. The standard InChI is InChI=1S/C15H17NO/c1-2-11(9-10-16)15(17)14-7-5-13(6-8-14)12-3-4-12/h5-8,11-12H,2-4,9H2,1H3. The molecule has 1 fully saturated rings. The van der Waals surface area contributed by atoms with Crippen LogP contribution in [-0.4, -0.2) is 5.78 Å². The first-order valence-electron chi connectivity index (χ1n) is 6.27. The third-order valence-electron chi connectivity index (χ3n) is 3.45. The molecule has 0 heterocycles. The number of carbonyl (C=O) groups excluding carboxylic acids is 1. The lowest BCUT2D eigenvalue weighted by Crippen LogP contribution is -2.13. The molecule has 0 aromatic heterocycles. The Labute approximate surface area is 102 Å². The predicted molar refractivity (Wildman–Crippen MR) is 66.8 cm³/mol. The molecule has 2 rings (SSSR count). The Hall–Kier alpha value is -1.62. The molecule has 0 aliphatic heterocycles. The number of nitriles is 1. The molecule has 88 valence electrons. The fraction of sp³-hybridized carbons (Fsp3) is 0.467. The van der Waals surface area contributed by atoms with Crippen LogP contribution < -0.4 is 0 Å². The molecular formula is C15H17NO. The van der Waals surface area contributed by atoms with Crippen LogP contribution in [0.3, 0.4) is 0 Å². The van der Waals surface area contributed by atoms with E-state index in [4.69, 9.17) is 5.26 Å². The summed E-state index contributed by atoms with van der Waals surface area (Å²) in [5, 5.41) is 8.69. The van der Waals surface area contributed by atoms with Crippen molar-refractivity contribution >= 4 is 5.78 Å². The topological polar surface area (TPSA) is 40.9 Å². The molecule has 0 saturated heterocycles. The van der Waals surface area contributed by atoms with Crippen molar-refractivity contribution in [2.45, 2.75) is 38.5 Å². The average Bonchev–Trinajstić information content (AvgIpc) is 3.19. The molecule has 0 radical (unpaired) electrons.